The Balaban J connectivity index is 2.59. The van der Waals surface area contributed by atoms with Gasteiger partial charge in [0.05, 0.1) is 6.26 Å². The lowest BCUT2D eigenvalue weighted by Gasteiger charge is -2.25. The van der Waals surface area contributed by atoms with Gasteiger partial charge in [0.25, 0.3) is 0 Å². The molecule has 5 nitrogen and oxygen atoms in total. The molecule has 0 aliphatic carbocycles. The summed E-state index contributed by atoms with van der Waals surface area (Å²) < 4.78 is 23.7. The summed E-state index contributed by atoms with van der Waals surface area (Å²) in [5.74, 6) is -0.465. The Morgan fingerprint density at radius 3 is 2.29 bits per heavy atom. The molecule has 1 fully saturated rings. The summed E-state index contributed by atoms with van der Waals surface area (Å²) in [7, 11) is -3.09. The fraction of sp³-hybridized carbons (Fsp3) is 0.625. The van der Waals surface area contributed by atoms with Crippen LogP contribution in [0.3, 0.4) is 0 Å². The summed E-state index contributed by atoms with van der Waals surface area (Å²) in [4.78, 5) is 10.6. The first kappa shape index (κ1) is 11.2. The molecule has 0 aromatic heterocycles. The van der Waals surface area contributed by atoms with Crippen LogP contribution in [0.5, 0.6) is 0 Å². The summed E-state index contributed by atoms with van der Waals surface area (Å²) in [6, 6.07) is 0. The van der Waals surface area contributed by atoms with Crippen LogP contribution >= 0.6 is 0 Å². The summed E-state index contributed by atoms with van der Waals surface area (Å²) in [6.45, 7) is 0.885. The second kappa shape index (κ2) is 4.10. The number of piperidine rings is 1. The van der Waals surface area contributed by atoms with Crippen LogP contribution in [0.4, 0.5) is 0 Å². The zero-order valence-electron chi connectivity index (χ0n) is 8.06. The van der Waals surface area contributed by atoms with E-state index in [1.54, 1.807) is 0 Å². The van der Waals surface area contributed by atoms with Gasteiger partial charge in [-0.1, -0.05) is 5.57 Å². The quantitative estimate of drug-likeness (QED) is 0.632. The number of nitrogens with zero attached hydrogens (tertiary/aromatic N) is 1. The largest absolute Gasteiger partial charge is 0.366 e. The van der Waals surface area contributed by atoms with Crippen molar-refractivity contribution in [2.45, 2.75) is 12.8 Å². The van der Waals surface area contributed by atoms with Gasteiger partial charge in [-0.05, 0) is 12.8 Å². The van der Waals surface area contributed by atoms with Crippen molar-refractivity contribution < 1.29 is 13.2 Å². The van der Waals surface area contributed by atoms with E-state index in [4.69, 9.17) is 5.73 Å². The van der Waals surface area contributed by atoms with E-state index in [0.717, 1.165) is 5.57 Å². The highest BCUT2D eigenvalue weighted by molar-refractivity contribution is 7.88. The van der Waals surface area contributed by atoms with Crippen LogP contribution in [0.1, 0.15) is 12.8 Å². The minimum absolute atomic E-state index is 0.442. The average Bonchev–Trinajstić information content (AvgIpc) is 2.02. The molecule has 0 aromatic carbocycles. The van der Waals surface area contributed by atoms with E-state index >= 15 is 0 Å². The van der Waals surface area contributed by atoms with E-state index in [0.29, 0.717) is 25.9 Å². The molecule has 0 atom stereocenters. The number of rotatable bonds is 2. The van der Waals surface area contributed by atoms with Gasteiger partial charge in [0, 0.05) is 19.2 Å². The van der Waals surface area contributed by atoms with Gasteiger partial charge in [0.2, 0.25) is 15.9 Å². The van der Waals surface area contributed by atoms with Gasteiger partial charge in [-0.2, -0.15) is 0 Å². The SMILES string of the molecule is CS(=O)(=O)N1CCC(=CC(N)=O)CC1. The van der Waals surface area contributed by atoms with Crippen molar-refractivity contribution in [3.63, 3.8) is 0 Å². The van der Waals surface area contributed by atoms with E-state index in [2.05, 4.69) is 0 Å². The van der Waals surface area contributed by atoms with Crippen molar-refractivity contribution in [3.8, 4) is 0 Å². The topological polar surface area (TPSA) is 80.5 Å². The maximum Gasteiger partial charge on any atom is 0.241 e. The number of sulfonamides is 1. The lowest BCUT2D eigenvalue weighted by molar-refractivity contribution is -0.113. The number of carbonyl (C=O) groups excluding carboxylic acids is 1. The molecule has 80 valence electrons. The minimum atomic E-state index is -3.09. The molecule has 1 heterocycles. The Morgan fingerprint density at radius 2 is 1.93 bits per heavy atom. The molecule has 1 aliphatic rings. The van der Waals surface area contributed by atoms with Crippen LogP contribution in [0.2, 0.25) is 0 Å². The molecule has 1 saturated heterocycles. The fourth-order valence-corrected chi connectivity index (χ4v) is 2.30. The molecule has 2 N–H and O–H groups in total. The predicted molar refractivity (Wildman–Crippen MR) is 52.9 cm³/mol. The monoisotopic (exact) mass is 218 g/mol. The number of hydrogen-bond donors (Lipinski definition) is 1. The second-order valence-corrected chi connectivity index (χ2v) is 5.35. The second-order valence-electron chi connectivity index (χ2n) is 3.37. The zero-order valence-corrected chi connectivity index (χ0v) is 8.88. The molecule has 0 radical (unpaired) electrons. The van der Waals surface area contributed by atoms with Crippen LogP contribution in [-0.4, -0.2) is 38.0 Å². The van der Waals surface area contributed by atoms with Crippen molar-refractivity contribution in [2.75, 3.05) is 19.3 Å². The Bertz CT molecular complexity index is 349. The molecular weight excluding hydrogens is 204 g/mol. The molecule has 0 aromatic rings. The zero-order chi connectivity index (χ0) is 10.8. The molecule has 0 unspecified atom stereocenters. The first-order chi connectivity index (χ1) is 6.39. The molecule has 1 amide bonds. The fourth-order valence-electron chi connectivity index (χ4n) is 1.45. The van der Waals surface area contributed by atoms with Gasteiger partial charge in [-0.3, -0.25) is 4.79 Å². The summed E-state index contributed by atoms with van der Waals surface area (Å²) >= 11 is 0. The van der Waals surface area contributed by atoms with Crippen LogP contribution < -0.4 is 5.73 Å². The van der Waals surface area contributed by atoms with Crippen molar-refractivity contribution in [1.82, 2.24) is 4.31 Å². The summed E-state index contributed by atoms with van der Waals surface area (Å²) in [5, 5.41) is 0. The molecule has 6 heteroatoms. The molecule has 0 bridgehead atoms. The summed E-state index contributed by atoms with van der Waals surface area (Å²) in [5.41, 5.74) is 5.92. The van der Waals surface area contributed by atoms with Crippen molar-refractivity contribution in [2.24, 2.45) is 5.73 Å². The number of carbonyl (C=O) groups is 1. The van der Waals surface area contributed by atoms with E-state index in [1.807, 2.05) is 0 Å². The van der Waals surface area contributed by atoms with Gasteiger partial charge >= 0.3 is 0 Å². The van der Waals surface area contributed by atoms with Crippen LogP contribution in [0.25, 0.3) is 0 Å². The van der Waals surface area contributed by atoms with Crippen molar-refractivity contribution >= 4 is 15.9 Å². The number of nitrogens with two attached hydrogens (primary N) is 1. The number of hydrogen-bond acceptors (Lipinski definition) is 3. The van der Waals surface area contributed by atoms with Gasteiger partial charge in [0.1, 0.15) is 0 Å². The summed E-state index contributed by atoms with van der Waals surface area (Å²) in [6.07, 6.45) is 3.77. The minimum Gasteiger partial charge on any atom is -0.366 e. The van der Waals surface area contributed by atoms with E-state index in [9.17, 15) is 13.2 Å². The van der Waals surface area contributed by atoms with Crippen LogP contribution in [0, 0.1) is 0 Å². The highest BCUT2D eigenvalue weighted by Crippen LogP contribution is 2.17. The molecule has 0 spiro atoms. The van der Waals surface area contributed by atoms with Crippen molar-refractivity contribution in [1.29, 1.82) is 0 Å². The predicted octanol–water partition coefficient (Wildman–Crippen LogP) is -0.546. The average molecular weight is 218 g/mol. The van der Waals surface area contributed by atoms with Crippen molar-refractivity contribution in [3.05, 3.63) is 11.6 Å². The molecule has 14 heavy (non-hydrogen) atoms. The van der Waals surface area contributed by atoms with Gasteiger partial charge in [-0.25, -0.2) is 12.7 Å². The third-order valence-electron chi connectivity index (χ3n) is 2.18. The van der Waals surface area contributed by atoms with Crippen LogP contribution in [0.15, 0.2) is 11.6 Å². The molecule has 1 aliphatic heterocycles. The van der Waals surface area contributed by atoms with E-state index < -0.39 is 15.9 Å². The highest BCUT2D eigenvalue weighted by atomic mass is 32.2. The van der Waals surface area contributed by atoms with Gasteiger partial charge < -0.3 is 5.73 Å². The Kier molecular flexibility index (Phi) is 3.28. The van der Waals surface area contributed by atoms with Gasteiger partial charge in [0.15, 0.2) is 0 Å². The third-order valence-corrected chi connectivity index (χ3v) is 3.48. The highest BCUT2D eigenvalue weighted by Gasteiger charge is 2.21. The van der Waals surface area contributed by atoms with E-state index in [1.165, 1.54) is 16.6 Å². The standard InChI is InChI=1S/C8H14N2O3S/c1-14(12,13)10-4-2-7(3-5-10)6-8(9)11/h6H,2-5H2,1H3,(H2,9,11). The molecule has 0 saturated carbocycles. The lowest BCUT2D eigenvalue weighted by atomic mass is 10.1. The normalized spacial score (nSPS) is 19.4. The van der Waals surface area contributed by atoms with E-state index in [-0.39, 0.29) is 0 Å². The maximum absolute atomic E-state index is 11.1. The molecular formula is C8H14N2O3S. The Labute approximate surface area is 83.6 Å². The first-order valence-corrected chi connectivity index (χ1v) is 6.18. The Hall–Kier alpha value is -0.880. The number of primary amides is 1. The van der Waals surface area contributed by atoms with Crippen LogP contribution in [-0.2, 0) is 14.8 Å². The maximum atomic E-state index is 11.1. The first-order valence-electron chi connectivity index (χ1n) is 4.33. The number of amides is 1. The van der Waals surface area contributed by atoms with Gasteiger partial charge in [-0.15, -0.1) is 0 Å². The third kappa shape index (κ3) is 3.12. The molecule has 1 rings (SSSR count). The lowest BCUT2D eigenvalue weighted by Crippen LogP contribution is -2.35. The Morgan fingerprint density at radius 1 is 1.43 bits per heavy atom. The smallest absolute Gasteiger partial charge is 0.241 e.